The van der Waals surface area contributed by atoms with Crippen LogP contribution in [0.1, 0.15) is 33.9 Å². The zero-order chi connectivity index (χ0) is 26.9. The van der Waals surface area contributed by atoms with Crippen LogP contribution in [-0.4, -0.2) is 35.9 Å². The number of aliphatic hydroxyl groups excluding tert-OH is 1. The molecular weight excluding hydrogens is 487 g/mol. The van der Waals surface area contributed by atoms with E-state index in [0.29, 0.717) is 28.2 Å². The molecule has 0 aliphatic carbocycles. The molecule has 1 heterocycles. The van der Waals surface area contributed by atoms with Crippen LogP contribution in [0.5, 0.6) is 11.5 Å². The minimum Gasteiger partial charge on any atom is -0.507 e. The fourth-order valence-electron chi connectivity index (χ4n) is 4.42. The van der Waals surface area contributed by atoms with Gasteiger partial charge in [-0.1, -0.05) is 24.3 Å². The third-order valence-corrected chi connectivity index (χ3v) is 6.25. The Kier molecular flexibility index (Phi) is 6.98. The van der Waals surface area contributed by atoms with Gasteiger partial charge in [-0.3, -0.25) is 9.59 Å². The Morgan fingerprint density at radius 1 is 0.946 bits per heavy atom. The summed E-state index contributed by atoms with van der Waals surface area (Å²) in [4.78, 5) is 27.7. The Morgan fingerprint density at radius 3 is 2.27 bits per heavy atom. The first kappa shape index (κ1) is 25.8. The van der Waals surface area contributed by atoms with Gasteiger partial charge in [-0.25, -0.2) is 0 Å². The number of aliphatic hydroxyl groups is 1. The summed E-state index contributed by atoms with van der Waals surface area (Å²) in [7, 11) is 2.95. The number of methoxy groups -OCH3 is 2. The number of ketones is 1. The van der Waals surface area contributed by atoms with Crippen molar-refractivity contribution < 1.29 is 37.3 Å². The number of hydrogen-bond donors (Lipinski definition) is 1. The van der Waals surface area contributed by atoms with Crippen LogP contribution in [0.2, 0.25) is 0 Å². The number of nitrogens with zero attached hydrogens (tertiary/aromatic N) is 1. The summed E-state index contributed by atoms with van der Waals surface area (Å²) in [5.74, 6) is -1.27. The molecule has 0 radical (unpaired) electrons. The minimum absolute atomic E-state index is 0.168. The first-order valence-electron chi connectivity index (χ1n) is 11.3. The zero-order valence-corrected chi connectivity index (χ0v) is 20.3. The standard InChI is InChI=1S/C28H24F3NO5/c1-16-12-21(37-3)10-11-22(16)25(33)23-24(18-7-5-9-20(14-18)36-2)32(27(35)26(23)34)15-17-6-4-8-19(13-17)28(29,30)31/h4-14,24,33H,15H2,1-3H3/b25-23-. The van der Waals surface area contributed by atoms with E-state index < -0.39 is 35.2 Å². The molecular formula is C28H24F3NO5. The van der Waals surface area contributed by atoms with Crippen LogP contribution in [-0.2, 0) is 22.3 Å². The molecule has 1 atom stereocenters. The zero-order valence-electron chi connectivity index (χ0n) is 20.3. The Hall–Kier alpha value is -4.27. The van der Waals surface area contributed by atoms with E-state index in [1.807, 2.05) is 0 Å². The first-order valence-corrected chi connectivity index (χ1v) is 11.3. The summed E-state index contributed by atoms with van der Waals surface area (Å²) in [6, 6.07) is 15.0. The van der Waals surface area contributed by atoms with Gasteiger partial charge < -0.3 is 19.5 Å². The van der Waals surface area contributed by atoms with Crippen LogP contribution in [0, 0.1) is 6.92 Å². The molecule has 192 valence electrons. The molecule has 1 aliphatic heterocycles. The second kappa shape index (κ2) is 10.0. The number of carbonyl (C=O) groups is 2. The third kappa shape index (κ3) is 5.02. The van der Waals surface area contributed by atoms with E-state index >= 15 is 0 Å². The molecule has 1 fully saturated rings. The molecule has 3 aromatic rings. The summed E-state index contributed by atoms with van der Waals surface area (Å²) in [6.07, 6.45) is -4.57. The van der Waals surface area contributed by atoms with Crippen LogP contribution in [0.4, 0.5) is 13.2 Å². The number of halogens is 3. The summed E-state index contributed by atoms with van der Waals surface area (Å²) >= 11 is 0. The molecule has 0 aromatic heterocycles. The number of aryl methyl sites for hydroxylation is 1. The fourth-order valence-corrected chi connectivity index (χ4v) is 4.42. The molecule has 1 aliphatic rings. The van der Waals surface area contributed by atoms with Gasteiger partial charge in [-0.2, -0.15) is 13.2 Å². The van der Waals surface area contributed by atoms with E-state index in [-0.39, 0.29) is 17.7 Å². The molecule has 0 saturated carbocycles. The number of rotatable bonds is 6. The van der Waals surface area contributed by atoms with Crippen LogP contribution in [0.25, 0.3) is 5.76 Å². The van der Waals surface area contributed by atoms with Crippen molar-refractivity contribution in [1.29, 1.82) is 0 Å². The second-order valence-corrected chi connectivity index (χ2v) is 8.58. The predicted molar refractivity (Wildman–Crippen MR) is 130 cm³/mol. The number of likely N-dealkylation sites (tertiary alicyclic amines) is 1. The molecule has 9 heteroatoms. The van der Waals surface area contributed by atoms with Crippen molar-refractivity contribution in [3.63, 3.8) is 0 Å². The molecule has 1 amide bonds. The number of amides is 1. The highest BCUT2D eigenvalue weighted by Gasteiger charge is 2.46. The highest BCUT2D eigenvalue weighted by atomic mass is 19.4. The van der Waals surface area contributed by atoms with E-state index in [1.165, 1.54) is 26.4 Å². The van der Waals surface area contributed by atoms with Crippen molar-refractivity contribution in [1.82, 2.24) is 4.90 Å². The van der Waals surface area contributed by atoms with Crippen LogP contribution in [0.3, 0.4) is 0 Å². The SMILES string of the molecule is COc1cccc(C2/C(=C(/O)c3ccc(OC)cc3C)C(=O)C(=O)N2Cc2cccc(C(F)(F)F)c2)c1. The quantitative estimate of drug-likeness (QED) is 0.263. The number of hydrogen-bond acceptors (Lipinski definition) is 5. The molecule has 0 spiro atoms. The molecule has 1 unspecified atom stereocenters. The van der Waals surface area contributed by atoms with Crippen molar-refractivity contribution in [2.75, 3.05) is 14.2 Å². The van der Waals surface area contributed by atoms with Gasteiger partial charge >= 0.3 is 6.18 Å². The fraction of sp³-hybridized carbons (Fsp3) is 0.214. The number of ether oxygens (including phenoxy) is 2. The van der Waals surface area contributed by atoms with E-state index in [9.17, 15) is 27.9 Å². The highest BCUT2D eigenvalue weighted by Crippen LogP contribution is 2.42. The summed E-state index contributed by atoms with van der Waals surface area (Å²) < 4.78 is 50.4. The lowest BCUT2D eigenvalue weighted by atomic mass is 9.93. The molecule has 37 heavy (non-hydrogen) atoms. The number of Topliss-reactive ketones (excluding diaryl/α,β-unsaturated/α-hetero) is 1. The maximum Gasteiger partial charge on any atom is 0.416 e. The molecule has 6 nitrogen and oxygen atoms in total. The maximum absolute atomic E-state index is 13.3. The number of alkyl halides is 3. The normalized spacial score (nSPS) is 17.2. The average molecular weight is 511 g/mol. The van der Waals surface area contributed by atoms with Gasteiger partial charge in [0.2, 0.25) is 0 Å². The topological polar surface area (TPSA) is 76.1 Å². The van der Waals surface area contributed by atoms with Gasteiger partial charge in [-0.15, -0.1) is 0 Å². The largest absolute Gasteiger partial charge is 0.507 e. The monoisotopic (exact) mass is 511 g/mol. The van der Waals surface area contributed by atoms with Crippen LogP contribution >= 0.6 is 0 Å². The van der Waals surface area contributed by atoms with Gasteiger partial charge in [0.25, 0.3) is 11.7 Å². The van der Waals surface area contributed by atoms with Crippen molar-refractivity contribution >= 4 is 17.4 Å². The Morgan fingerprint density at radius 2 is 1.62 bits per heavy atom. The van der Waals surface area contributed by atoms with Crippen molar-refractivity contribution in [2.24, 2.45) is 0 Å². The van der Waals surface area contributed by atoms with Crippen molar-refractivity contribution in [3.05, 3.63) is 100 Å². The van der Waals surface area contributed by atoms with Crippen molar-refractivity contribution in [3.8, 4) is 11.5 Å². The van der Waals surface area contributed by atoms with E-state index in [4.69, 9.17) is 9.47 Å². The maximum atomic E-state index is 13.3. The van der Waals surface area contributed by atoms with Gasteiger partial charge in [0.1, 0.15) is 17.3 Å². The van der Waals surface area contributed by atoms with Crippen LogP contribution in [0.15, 0.2) is 72.3 Å². The van der Waals surface area contributed by atoms with E-state index in [2.05, 4.69) is 0 Å². The summed E-state index contributed by atoms with van der Waals surface area (Å²) in [5.41, 5.74) is 0.534. The van der Waals surface area contributed by atoms with Crippen molar-refractivity contribution in [2.45, 2.75) is 25.7 Å². The molecule has 3 aromatic carbocycles. The van der Waals surface area contributed by atoms with Gasteiger partial charge in [0.15, 0.2) is 0 Å². The average Bonchev–Trinajstić information content (AvgIpc) is 3.12. The lowest BCUT2D eigenvalue weighted by Crippen LogP contribution is -2.29. The highest BCUT2D eigenvalue weighted by molar-refractivity contribution is 6.46. The second-order valence-electron chi connectivity index (χ2n) is 8.58. The smallest absolute Gasteiger partial charge is 0.416 e. The first-order chi connectivity index (χ1) is 17.5. The Bertz CT molecular complexity index is 1400. The number of benzene rings is 3. The van der Waals surface area contributed by atoms with Gasteiger partial charge in [-0.05, 0) is 66.1 Å². The molecule has 1 N–H and O–H groups in total. The summed E-state index contributed by atoms with van der Waals surface area (Å²) in [6.45, 7) is 1.44. The minimum atomic E-state index is -4.57. The number of carbonyl (C=O) groups excluding carboxylic acids is 2. The van der Waals surface area contributed by atoms with Gasteiger partial charge in [0, 0.05) is 12.1 Å². The lowest BCUT2D eigenvalue weighted by molar-refractivity contribution is -0.140. The molecule has 1 saturated heterocycles. The lowest BCUT2D eigenvalue weighted by Gasteiger charge is -2.26. The Balaban J connectivity index is 1.87. The third-order valence-electron chi connectivity index (χ3n) is 6.25. The molecule has 4 rings (SSSR count). The van der Waals surface area contributed by atoms with E-state index in [1.54, 1.807) is 49.4 Å². The van der Waals surface area contributed by atoms with Crippen LogP contribution < -0.4 is 9.47 Å². The molecule has 0 bridgehead atoms. The van der Waals surface area contributed by atoms with E-state index in [0.717, 1.165) is 17.0 Å². The summed E-state index contributed by atoms with van der Waals surface area (Å²) in [5, 5.41) is 11.3. The Labute approximate surface area is 211 Å². The van der Waals surface area contributed by atoms with Gasteiger partial charge in [0.05, 0.1) is 31.4 Å². The predicted octanol–water partition coefficient (Wildman–Crippen LogP) is 5.65.